The zero-order chi connectivity index (χ0) is 7.14. The van der Waals surface area contributed by atoms with E-state index in [4.69, 9.17) is 5.73 Å². The minimum atomic E-state index is 0. The molecule has 2 fully saturated rings. The maximum atomic E-state index is 5.86. The molecule has 1 saturated carbocycles. The Balaban J connectivity index is 0.000000605. The lowest BCUT2D eigenvalue weighted by Gasteiger charge is -2.17. The molecule has 3 unspecified atom stereocenters. The quantitative estimate of drug-likeness (QED) is 0.656. The largest absolute Gasteiger partial charge is 0.328 e. The first-order chi connectivity index (χ1) is 4.77. The van der Waals surface area contributed by atoms with Crippen molar-refractivity contribution in [2.45, 2.75) is 31.3 Å². The van der Waals surface area contributed by atoms with Crippen molar-refractivity contribution in [3.8, 4) is 0 Å². The Hall–Kier alpha value is 0.500. The molecule has 1 aliphatic heterocycles. The molecule has 1 saturated heterocycles. The van der Waals surface area contributed by atoms with E-state index in [1.165, 1.54) is 25.8 Å². The second kappa shape index (κ2) is 4.66. The molecule has 0 bridgehead atoms. The van der Waals surface area contributed by atoms with Crippen molar-refractivity contribution in [1.29, 1.82) is 0 Å². The molecule has 0 radical (unpaired) electrons. The summed E-state index contributed by atoms with van der Waals surface area (Å²) in [6, 6.07) is 1.33. The summed E-state index contributed by atoms with van der Waals surface area (Å²) in [5.41, 5.74) is 5.86. The van der Waals surface area contributed by atoms with Gasteiger partial charge < -0.3 is 10.6 Å². The van der Waals surface area contributed by atoms with Crippen molar-refractivity contribution in [3.05, 3.63) is 0 Å². The number of nitrogens with zero attached hydrogens (tertiary/aromatic N) is 1. The average molecular weight is 213 g/mol. The van der Waals surface area contributed by atoms with Gasteiger partial charge >= 0.3 is 0 Å². The predicted molar refractivity (Wildman–Crippen MR) is 56.2 cm³/mol. The molecule has 0 aromatic rings. The molecule has 4 heteroatoms. The van der Waals surface area contributed by atoms with Gasteiger partial charge in [-0.3, -0.25) is 0 Å². The van der Waals surface area contributed by atoms with E-state index >= 15 is 0 Å². The first kappa shape index (κ1) is 12.5. The Bertz CT molecular complexity index is 143. The maximum absolute atomic E-state index is 5.86. The summed E-state index contributed by atoms with van der Waals surface area (Å²) in [6.07, 6.45) is 3.89. The van der Waals surface area contributed by atoms with E-state index < -0.39 is 0 Å². The Morgan fingerprint density at radius 3 is 2.50 bits per heavy atom. The average Bonchev–Trinajstić information content (AvgIpc) is 2.35. The fraction of sp³-hybridized carbons (Fsp3) is 1.00. The topological polar surface area (TPSA) is 29.3 Å². The molecule has 1 aliphatic carbocycles. The van der Waals surface area contributed by atoms with E-state index in [0.717, 1.165) is 12.0 Å². The van der Waals surface area contributed by atoms with Gasteiger partial charge in [0, 0.05) is 12.1 Å². The van der Waals surface area contributed by atoms with Gasteiger partial charge in [-0.05, 0) is 38.8 Å². The van der Waals surface area contributed by atoms with Gasteiger partial charge in [0.15, 0.2) is 0 Å². The first-order valence-electron chi connectivity index (χ1n) is 4.23. The van der Waals surface area contributed by atoms with Crippen LogP contribution in [0.25, 0.3) is 0 Å². The van der Waals surface area contributed by atoms with Crippen LogP contribution in [0, 0.1) is 5.92 Å². The normalized spacial score (nSPS) is 40.0. The lowest BCUT2D eigenvalue weighted by Crippen LogP contribution is -2.27. The van der Waals surface area contributed by atoms with E-state index in [-0.39, 0.29) is 24.8 Å². The molecule has 2 rings (SSSR count). The van der Waals surface area contributed by atoms with Crippen LogP contribution in [-0.4, -0.2) is 30.6 Å². The van der Waals surface area contributed by atoms with Crippen LogP contribution in [0.2, 0.25) is 0 Å². The van der Waals surface area contributed by atoms with Gasteiger partial charge in [-0.1, -0.05) is 0 Å². The fourth-order valence-electron chi connectivity index (χ4n) is 2.53. The molecule has 2 aliphatic rings. The summed E-state index contributed by atoms with van der Waals surface area (Å²) >= 11 is 0. The molecule has 0 amide bonds. The molecular formula is C8H18Cl2N2. The summed E-state index contributed by atoms with van der Waals surface area (Å²) < 4.78 is 0. The predicted octanol–water partition coefficient (Wildman–Crippen LogP) is 1.27. The molecule has 0 spiro atoms. The third kappa shape index (κ3) is 2.05. The molecule has 0 aromatic heterocycles. The lowest BCUT2D eigenvalue weighted by molar-refractivity contribution is 0.292. The van der Waals surface area contributed by atoms with E-state index in [0.29, 0.717) is 6.04 Å². The number of likely N-dealkylation sites (tertiary alicyclic amines) is 1. The van der Waals surface area contributed by atoms with Gasteiger partial charge in [-0.15, -0.1) is 24.8 Å². The molecular weight excluding hydrogens is 195 g/mol. The van der Waals surface area contributed by atoms with E-state index in [1.807, 2.05) is 0 Å². The Morgan fingerprint density at radius 1 is 1.25 bits per heavy atom. The van der Waals surface area contributed by atoms with Crippen LogP contribution >= 0.6 is 24.8 Å². The van der Waals surface area contributed by atoms with Gasteiger partial charge in [-0.25, -0.2) is 0 Å². The number of rotatable bonds is 0. The van der Waals surface area contributed by atoms with Crippen LogP contribution < -0.4 is 5.73 Å². The Morgan fingerprint density at radius 2 is 1.92 bits per heavy atom. The second-order valence-electron chi connectivity index (χ2n) is 3.83. The molecule has 2 nitrogen and oxygen atoms in total. The van der Waals surface area contributed by atoms with E-state index in [9.17, 15) is 0 Å². The minimum Gasteiger partial charge on any atom is -0.328 e. The third-order valence-electron chi connectivity index (χ3n) is 3.11. The van der Waals surface area contributed by atoms with E-state index in [2.05, 4.69) is 11.9 Å². The van der Waals surface area contributed by atoms with Crippen molar-refractivity contribution >= 4 is 24.8 Å². The third-order valence-corrected chi connectivity index (χ3v) is 3.11. The van der Waals surface area contributed by atoms with Crippen LogP contribution in [0.3, 0.4) is 0 Å². The van der Waals surface area contributed by atoms with Crippen LogP contribution in [-0.2, 0) is 0 Å². The van der Waals surface area contributed by atoms with Crippen LogP contribution in [0.5, 0.6) is 0 Å². The Kier molecular flexibility index (Phi) is 4.85. The molecule has 2 N–H and O–H groups in total. The first-order valence-corrected chi connectivity index (χ1v) is 4.23. The molecule has 1 heterocycles. The lowest BCUT2D eigenvalue weighted by atomic mass is 10.0. The monoisotopic (exact) mass is 212 g/mol. The molecule has 12 heavy (non-hydrogen) atoms. The highest BCUT2D eigenvalue weighted by atomic mass is 35.5. The maximum Gasteiger partial charge on any atom is 0.0136 e. The summed E-state index contributed by atoms with van der Waals surface area (Å²) in [6.45, 7) is 1.29. The number of nitrogens with two attached hydrogens (primary N) is 1. The number of hydrogen-bond acceptors (Lipinski definition) is 2. The standard InChI is InChI=1S/C8H16N2.2ClH/c1-10-3-2-6-4-7(9)5-8(6)10;;/h6-8H,2-5,9H2,1H3;2*1H. The van der Waals surface area contributed by atoms with Crippen LogP contribution in [0.4, 0.5) is 0 Å². The van der Waals surface area contributed by atoms with Crippen molar-refractivity contribution in [2.24, 2.45) is 11.7 Å². The summed E-state index contributed by atoms with van der Waals surface area (Å²) in [5, 5.41) is 0. The highest BCUT2D eigenvalue weighted by Gasteiger charge is 2.38. The van der Waals surface area contributed by atoms with Crippen molar-refractivity contribution in [1.82, 2.24) is 4.90 Å². The highest BCUT2D eigenvalue weighted by Crippen LogP contribution is 2.35. The number of halogens is 2. The van der Waals surface area contributed by atoms with Crippen molar-refractivity contribution in [2.75, 3.05) is 13.6 Å². The van der Waals surface area contributed by atoms with Gasteiger partial charge in [-0.2, -0.15) is 0 Å². The van der Waals surface area contributed by atoms with Crippen molar-refractivity contribution < 1.29 is 0 Å². The highest BCUT2D eigenvalue weighted by molar-refractivity contribution is 5.85. The zero-order valence-corrected chi connectivity index (χ0v) is 9.03. The number of fused-ring (bicyclic) bond motifs is 1. The second-order valence-corrected chi connectivity index (χ2v) is 3.83. The fourth-order valence-corrected chi connectivity index (χ4v) is 2.53. The minimum absolute atomic E-state index is 0. The number of hydrogen-bond donors (Lipinski definition) is 1. The summed E-state index contributed by atoms with van der Waals surface area (Å²) in [7, 11) is 2.22. The van der Waals surface area contributed by atoms with Crippen LogP contribution in [0.15, 0.2) is 0 Å². The van der Waals surface area contributed by atoms with Crippen LogP contribution in [0.1, 0.15) is 19.3 Å². The van der Waals surface area contributed by atoms with Gasteiger partial charge in [0.2, 0.25) is 0 Å². The molecule has 74 valence electrons. The Labute approximate surface area is 86.7 Å². The van der Waals surface area contributed by atoms with Gasteiger partial charge in [0.25, 0.3) is 0 Å². The summed E-state index contributed by atoms with van der Waals surface area (Å²) in [4.78, 5) is 2.47. The molecule has 0 aromatic carbocycles. The summed E-state index contributed by atoms with van der Waals surface area (Å²) in [5.74, 6) is 0.931. The van der Waals surface area contributed by atoms with Gasteiger partial charge in [0.1, 0.15) is 0 Å². The smallest absolute Gasteiger partial charge is 0.0136 e. The van der Waals surface area contributed by atoms with E-state index in [1.54, 1.807) is 0 Å². The molecule has 3 atom stereocenters. The zero-order valence-electron chi connectivity index (χ0n) is 7.40. The van der Waals surface area contributed by atoms with Gasteiger partial charge in [0.05, 0.1) is 0 Å². The SMILES string of the molecule is CN1CCC2CC(N)CC21.Cl.Cl. The van der Waals surface area contributed by atoms with Crippen molar-refractivity contribution in [3.63, 3.8) is 0 Å².